The number of carboxylic acids is 1. The third-order valence-electron chi connectivity index (χ3n) is 3.28. The van der Waals surface area contributed by atoms with Crippen molar-refractivity contribution in [2.75, 3.05) is 19.8 Å². The monoisotopic (exact) mass is 274 g/mol. The Balaban J connectivity index is 2.41. The third-order valence-corrected chi connectivity index (χ3v) is 3.28. The van der Waals surface area contributed by atoms with E-state index in [1.54, 1.807) is 0 Å². The van der Waals surface area contributed by atoms with E-state index in [1.807, 2.05) is 20.8 Å². The maximum Gasteiger partial charge on any atom is 0.306 e. The molecule has 0 aromatic carbocycles. The van der Waals surface area contributed by atoms with Crippen molar-refractivity contribution in [3.8, 4) is 0 Å². The van der Waals surface area contributed by atoms with Gasteiger partial charge in [-0.1, -0.05) is 6.92 Å². The van der Waals surface area contributed by atoms with Crippen molar-refractivity contribution >= 4 is 11.9 Å². The number of carbonyl (C=O) groups is 2. The van der Waals surface area contributed by atoms with Gasteiger partial charge in [-0.05, 0) is 20.3 Å². The molecule has 1 aliphatic heterocycles. The number of carbonyl (C=O) groups excluding carboxylic acids is 1. The Bertz CT molecular complexity index is 326. The van der Waals surface area contributed by atoms with E-state index < -0.39 is 17.7 Å². The summed E-state index contributed by atoms with van der Waals surface area (Å²) in [5.41, 5.74) is -0.339. The average Bonchev–Trinajstić information content (AvgIpc) is 2.36. The number of hydrogen-bond acceptors (Lipinski definition) is 5. The van der Waals surface area contributed by atoms with Crippen molar-refractivity contribution in [1.29, 1.82) is 0 Å². The quantitative estimate of drug-likeness (QED) is 0.740. The van der Waals surface area contributed by atoms with Crippen LogP contribution in [0.5, 0.6) is 0 Å². The van der Waals surface area contributed by atoms with E-state index >= 15 is 0 Å². The second-order valence-corrected chi connectivity index (χ2v) is 5.39. The van der Waals surface area contributed by atoms with Crippen molar-refractivity contribution < 1.29 is 28.9 Å². The Morgan fingerprint density at radius 3 is 2.26 bits per heavy atom. The van der Waals surface area contributed by atoms with Crippen LogP contribution in [-0.2, 0) is 23.8 Å². The minimum absolute atomic E-state index is 0.109. The second-order valence-electron chi connectivity index (χ2n) is 5.39. The van der Waals surface area contributed by atoms with Gasteiger partial charge in [-0.2, -0.15) is 0 Å². The number of carboxylic acid groups (broad SMARTS) is 1. The van der Waals surface area contributed by atoms with Crippen molar-refractivity contribution in [2.24, 2.45) is 5.41 Å². The summed E-state index contributed by atoms with van der Waals surface area (Å²) in [6.45, 7) is 6.77. The van der Waals surface area contributed by atoms with Crippen LogP contribution in [0.25, 0.3) is 0 Å². The molecule has 0 bridgehead atoms. The van der Waals surface area contributed by atoms with Gasteiger partial charge < -0.3 is 19.3 Å². The van der Waals surface area contributed by atoms with Gasteiger partial charge >= 0.3 is 11.9 Å². The standard InChI is InChI=1S/C13H22O6/c1-4-13(8-18-12(2,3)19-9-13)7-17-11(16)6-5-10(14)15/h4-9H2,1-3H3,(H,14,15). The summed E-state index contributed by atoms with van der Waals surface area (Å²) in [7, 11) is 0. The van der Waals surface area contributed by atoms with Crippen LogP contribution in [0.1, 0.15) is 40.0 Å². The van der Waals surface area contributed by atoms with Crippen LogP contribution in [0.4, 0.5) is 0 Å². The molecule has 0 aliphatic carbocycles. The predicted octanol–water partition coefficient (Wildman–Crippen LogP) is 1.57. The molecule has 1 N–H and O–H groups in total. The molecule has 0 spiro atoms. The van der Waals surface area contributed by atoms with Gasteiger partial charge in [0.25, 0.3) is 0 Å². The van der Waals surface area contributed by atoms with Gasteiger partial charge in [0, 0.05) is 0 Å². The molecule has 1 rings (SSSR count). The van der Waals surface area contributed by atoms with E-state index in [0.717, 1.165) is 6.42 Å². The highest BCUT2D eigenvalue weighted by Crippen LogP contribution is 2.32. The highest BCUT2D eigenvalue weighted by molar-refractivity contribution is 5.76. The minimum atomic E-state index is -1.01. The fraction of sp³-hybridized carbons (Fsp3) is 0.846. The second kappa shape index (κ2) is 6.34. The Labute approximate surface area is 113 Å². The lowest BCUT2D eigenvalue weighted by molar-refractivity contribution is -0.291. The molecule has 6 heteroatoms. The van der Waals surface area contributed by atoms with E-state index in [9.17, 15) is 9.59 Å². The van der Waals surface area contributed by atoms with Gasteiger partial charge in [0.05, 0.1) is 31.5 Å². The molecule has 0 radical (unpaired) electrons. The summed E-state index contributed by atoms with van der Waals surface area (Å²) >= 11 is 0. The van der Waals surface area contributed by atoms with Gasteiger partial charge in [0.15, 0.2) is 5.79 Å². The summed E-state index contributed by atoms with van der Waals surface area (Å²) in [6, 6.07) is 0. The Kier molecular flexibility index (Phi) is 5.31. The van der Waals surface area contributed by atoms with E-state index in [2.05, 4.69) is 0 Å². The summed E-state index contributed by atoms with van der Waals surface area (Å²) < 4.78 is 16.3. The van der Waals surface area contributed by atoms with E-state index in [4.69, 9.17) is 19.3 Å². The van der Waals surface area contributed by atoms with Crippen LogP contribution in [-0.4, -0.2) is 42.7 Å². The van der Waals surface area contributed by atoms with Crippen LogP contribution in [0, 0.1) is 5.41 Å². The van der Waals surface area contributed by atoms with Gasteiger partial charge in [-0.25, -0.2) is 0 Å². The highest BCUT2D eigenvalue weighted by atomic mass is 16.7. The lowest BCUT2D eigenvalue weighted by atomic mass is 9.87. The zero-order chi connectivity index (χ0) is 14.5. The zero-order valence-corrected chi connectivity index (χ0v) is 11.7. The fourth-order valence-corrected chi connectivity index (χ4v) is 1.64. The predicted molar refractivity (Wildman–Crippen MR) is 66.5 cm³/mol. The molecule has 110 valence electrons. The number of aliphatic carboxylic acids is 1. The maximum absolute atomic E-state index is 11.4. The summed E-state index contributed by atoms with van der Waals surface area (Å²) in [6.07, 6.45) is 0.440. The smallest absolute Gasteiger partial charge is 0.306 e. The fourth-order valence-electron chi connectivity index (χ4n) is 1.64. The lowest BCUT2D eigenvalue weighted by Gasteiger charge is -2.42. The van der Waals surface area contributed by atoms with Crippen LogP contribution in [0.3, 0.4) is 0 Å². The van der Waals surface area contributed by atoms with Gasteiger partial charge in [-0.15, -0.1) is 0 Å². The molecule has 0 saturated carbocycles. The largest absolute Gasteiger partial charge is 0.481 e. The van der Waals surface area contributed by atoms with Gasteiger partial charge in [0.2, 0.25) is 0 Å². The van der Waals surface area contributed by atoms with Crippen molar-refractivity contribution in [3.63, 3.8) is 0 Å². The molecule has 6 nitrogen and oxygen atoms in total. The molecule has 19 heavy (non-hydrogen) atoms. The number of hydrogen-bond donors (Lipinski definition) is 1. The Morgan fingerprint density at radius 2 is 1.79 bits per heavy atom. The van der Waals surface area contributed by atoms with Crippen LogP contribution in [0.15, 0.2) is 0 Å². The Hall–Kier alpha value is -1.14. The molecule has 0 amide bonds. The van der Waals surface area contributed by atoms with Crippen LogP contribution in [0.2, 0.25) is 0 Å². The van der Waals surface area contributed by atoms with E-state index in [0.29, 0.717) is 13.2 Å². The van der Waals surface area contributed by atoms with Gasteiger partial charge in [0.1, 0.15) is 6.61 Å². The topological polar surface area (TPSA) is 82.1 Å². The van der Waals surface area contributed by atoms with Crippen molar-refractivity contribution in [3.05, 3.63) is 0 Å². The first kappa shape index (κ1) is 15.9. The summed E-state index contributed by atoms with van der Waals surface area (Å²) in [5, 5.41) is 8.49. The molecular weight excluding hydrogens is 252 g/mol. The first-order valence-corrected chi connectivity index (χ1v) is 6.44. The molecule has 1 saturated heterocycles. The lowest BCUT2D eigenvalue weighted by Crippen LogP contribution is -2.48. The highest BCUT2D eigenvalue weighted by Gasteiger charge is 2.39. The van der Waals surface area contributed by atoms with Crippen LogP contribution >= 0.6 is 0 Å². The zero-order valence-electron chi connectivity index (χ0n) is 11.7. The average molecular weight is 274 g/mol. The molecule has 0 unspecified atom stereocenters. The van der Waals surface area contributed by atoms with Crippen LogP contribution < -0.4 is 0 Å². The maximum atomic E-state index is 11.4. The Morgan fingerprint density at radius 1 is 1.21 bits per heavy atom. The molecule has 0 atom stereocenters. The van der Waals surface area contributed by atoms with E-state index in [1.165, 1.54) is 0 Å². The summed E-state index contributed by atoms with van der Waals surface area (Å²) in [4.78, 5) is 21.8. The molecular formula is C13H22O6. The SMILES string of the molecule is CCC1(COC(=O)CCC(=O)O)COC(C)(C)OC1. The number of esters is 1. The molecule has 1 aliphatic rings. The molecule has 0 aromatic heterocycles. The van der Waals surface area contributed by atoms with Crippen molar-refractivity contribution in [2.45, 2.75) is 45.8 Å². The number of rotatable bonds is 6. The first-order chi connectivity index (χ1) is 8.79. The summed E-state index contributed by atoms with van der Waals surface area (Å²) in [5.74, 6) is -2.11. The minimum Gasteiger partial charge on any atom is -0.481 e. The normalized spacial score (nSPS) is 20.8. The molecule has 0 aromatic rings. The van der Waals surface area contributed by atoms with E-state index in [-0.39, 0.29) is 24.9 Å². The molecule has 1 heterocycles. The first-order valence-electron chi connectivity index (χ1n) is 6.44. The third kappa shape index (κ3) is 5.16. The molecule has 1 fully saturated rings. The number of ether oxygens (including phenoxy) is 3. The van der Waals surface area contributed by atoms with Gasteiger partial charge in [-0.3, -0.25) is 9.59 Å². The van der Waals surface area contributed by atoms with Crippen molar-refractivity contribution in [1.82, 2.24) is 0 Å².